The Morgan fingerprint density at radius 2 is 2.50 bits per heavy atom. The molecule has 10 heavy (non-hydrogen) atoms. The predicted octanol–water partition coefficient (Wildman–Crippen LogP) is 2.85. The highest BCUT2D eigenvalue weighted by molar-refractivity contribution is 9.08. The molecule has 0 bridgehead atoms. The highest BCUT2D eigenvalue weighted by Crippen LogP contribution is 2.19. The molecular formula is C7H7BrOS. The van der Waals surface area contributed by atoms with E-state index >= 15 is 0 Å². The van der Waals surface area contributed by atoms with Crippen molar-refractivity contribution >= 4 is 33.0 Å². The lowest BCUT2D eigenvalue weighted by atomic mass is 10.2. The van der Waals surface area contributed by atoms with Gasteiger partial charge in [-0.25, -0.2) is 0 Å². The molecule has 0 fully saturated rings. The number of ketones is 1. The number of hydrogen-bond donors (Lipinski definition) is 0. The molecule has 0 aliphatic rings. The molecule has 0 unspecified atom stereocenters. The number of Topliss-reactive ketones (excluding diaryl/α,β-unsaturated/α-hetero) is 1. The number of hydrogen-bond acceptors (Lipinski definition) is 2. The molecule has 54 valence electrons. The normalized spacial score (nSPS) is 9.80. The zero-order valence-electron chi connectivity index (χ0n) is 5.56. The second-order valence-corrected chi connectivity index (χ2v) is 3.44. The topological polar surface area (TPSA) is 17.1 Å². The Morgan fingerprint density at radius 1 is 1.80 bits per heavy atom. The minimum Gasteiger partial charge on any atom is -0.294 e. The molecule has 0 atom stereocenters. The molecule has 0 N–H and O–H groups in total. The van der Waals surface area contributed by atoms with E-state index in [1.54, 1.807) is 6.92 Å². The van der Waals surface area contributed by atoms with Gasteiger partial charge in [0, 0.05) is 5.33 Å². The van der Waals surface area contributed by atoms with Gasteiger partial charge < -0.3 is 0 Å². The monoisotopic (exact) mass is 218 g/mol. The summed E-state index contributed by atoms with van der Waals surface area (Å²) >= 11 is 4.81. The van der Waals surface area contributed by atoms with Crippen molar-refractivity contribution in [2.24, 2.45) is 0 Å². The Bertz CT molecular complexity index is 242. The number of alkyl halides is 1. The number of thiophene rings is 1. The molecule has 1 rings (SSSR count). The predicted molar refractivity (Wildman–Crippen MR) is 47.0 cm³/mol. The van der Waals surface area contributed by atoms with Crippen molar-refractivity contribution in [2.45, 2.75) is 12.3 Å². The average Bonchev–Trinajstić information content (AvgIpc) is 2.33. The first-order chi connectivity index (χ1) is 4.75. The summed E-state index contributed by atoms with van der Waals surface area (Å²) in [6, 6.07) is 1.97. The van der Waals surface area contributed by atoms with Gasteiger partial charge in [0.2, 0.25) is 0 Å². The van der Waals surface area contributed by atoms with Crippen LogP contribution < -0.4 is 0 Å². The number of rotatable bonds is 2. The van der Waals surface area contributed by atoms with Crippen LogP contribution in [0.25, 0.3) is 0 Å². The lowest BCUT2D eigenvalue weighted by Crippen LogP contribution is -1.90. The van der Waals surface area contributed by atoms with E-state index in [9.17, 15) is 4.79 Å². The summed E-state index contributed by atoms with van der Waals surface area (Å²) in [6.45, 7) is 1.60. The van der Waals surface area contributed by atoms with Gasteiger partial charge in [-0.05, 0) is 23.9 Å². The molecule has 1 heterocycles. The molecule has 1 nitrogen and oxygen atoms in total. The molecule has 0 amide bonds. The van der Waals surface area contributed by atoms with Crippen LogP contribution in [0.3, 0.4) is 0 Å². The molecular weight excluding hydrogens is 212 g/mol. The molecule has 0 saturated carbocycles. The zero-order chi connectivity index (χ0) is 7.56. The van der Waals surface area contributed by atoms with Crippen molar-refractivity contribution in [3.8, 4) is 0 Å². The van der Waals surface area contributed by atoms with Gasteiger partial charge >= 0.3 is 0 Å². The summed E-state index contributed by atoms with van der Waals surface area (Å²) in [5.74, 6) is 0.157. The van der Waals surface area contributed by atoms with E-state index in [0.29, 0.717) is 0 Å². The molecule has 0 aliphatic carbocycles. The van der Waals surface area contributed by atoms with Crippen LogP contribution >= 0.6 is 27.3 Å². The number of carbonyl (C=O) groups excluding carboxylic acids is 1. The number of carbonyl (C=O) groups is 1. The first-order valence-electron chi connectivity index (χ1n) is 2.89. The minimum atomic E-state index is 0.157. The summed E-state index contributed by atoms with van der Waals surface area (Å²) in [5, 5.41) is 2.71. The van der Waals surface area contributed by atoms with Crippen molar-refractivity contribution in [2.75, 3.05) is 0 Å². The summed E-state index contributed by atoms with van der Waals surface area (Å²) < 4.78 is 0. The Kier molecular flexibility index (Phi) is 2.63. The van der Waals surface area contributed by atoms with Crippen LogP contribution in [0, 0.1) is 0 Å². The Morgan fingerprint density at radius 3 is 2.90 bits per heavy atom. The van der Waals surface area contributed by atoms with Crippen LogP contribution in [0.5, 0.6) is 0 Å². The van der Waals surface area contributed by atoms with Crippen LogP contribution in [0.1, 0.15) is 22.2 Å². The van der Waals surface area contributed by atoms with Crippen LogP contribution in [-0.2, 0) is 5.33 Å². The molecule has 1 aromatic rings. The van der Waals surface area contributed by atoms with Crippen LogP contribution in [0.4, 0.5) is 0 Å². The fourth-order valence-corrected chi connectivity index (χ4v) is 2.23. The molecule has 0 saturated heterocycles. The van der Waals surface area contributed by atoms with Gasteiger partial charge in [0.15, 0.2) is 5.78 Å². The van der Waals surface area contributed by atoms with Crippen molar-refractivity contribution in [1.29, 1.82) is 0 Å². The van der Waals surface area contributed by atoms with Crippen molar-refractivity contribution in [3.63, 3.8) is 0 Å². The van der Waals surface area contributed by atoms with Crippen molar-refractivity contribution in [1.82, 2.24) is 0 Å². The largest absolute Gasteiger partial charge is 0.294 e. The number of halogens is 1. The van der Waals surface area contributed by atoms with Gasteiger partial charge in [-0.15, -0.1) is 11.3 Å². The van der Waals surface area contributed by atoms with E-state index in [1.165, 1.54) is 11.3 Å². The van der Waals surface area contributed by atoms with E-state index in [-0.39, 0.29) is 5.78 Å². The first kappa shape index (κ1) is 7.95. The third-order valence-electron chi connectivity index (χ3n) is 1.21. The average molecular weight is 219 g/mol. The van der Waals surface area contributed by atoms with Crippen molar-refractivity contribution in [3.05, 3.63) is 21.9 Å². The summed E-state index contributed by atoms with van der Waals surface area (Å²) in [5.41, 5.74) is 1.09. The Hall–Kier alpha value is -0.150. The standard InChI is InChI=1S/C7H7BrOS/c1-5(9)7-6(4-8)2-3-10-7/h2-3H,4H2,1H3. The highest BCUT2D eigenvalue weighted by atomic mass is 79.9. The van der Waals surface area contributed by atoms with Gasteiger partial charge in [0.25, 0.3) is 0 Å². The van der Waals surface area contributed by atoms with E-state index < -0.39 is 0 Å². The van der Waals surface area contributed by atoms with Gasteiger partial charge in [-0.3, -0.25) is 4.79 Å². The summed E-state index contributed by atoms with van der Waals surface area (Å²) in [7, 11) is 0. The van der Waals surface area contributed by atoms with Gasteiger partial charge in [0.1, 0.15) is 0 Å². The van der Waals surface area contributed by atoms with Crippen LogP contribution in [0.15, 0.2) is 11.4 Å². The summed E-state index contributed by atoms with van der Waals surface area (Å²) in [6.07, 6.45) is 0. The Balaban J connectivity index is 3.01. The minimum absolute atomic E-state index is 0.157. The quantitative estimate of drug-likeness (QED) is 0.552. The third kappa shape index (κ3) is 1.47. The second kappa shape index (κ2) is 3.30. The third-order valence-corrected chi connectivity index (χ3v) is 2.87. The zero-order valence-corrected chi connectivity index (χ0v) is 7.96. The fraction of sp³-hybridized carbons (Fsp3) is 0.286. The van der Waals surface area contributed by atoms with Crippen molar-refractivity contribution < 1.29 is 4.79 Å². The van der Waals surface area contributed by atoms with E-state index in [2.05, 4.69) is 15.9 Å². The smallest absolute Gasteiger partial charge is 0.170 e. The molecule has 0 spiro atoms. The molecule has 0 radical (unpaired) electrons. The fourth-order valence-electron chi connectivity index (χ4n) is 0.750. The molecule has 0 aliphatic heterocycles. The van der Waals surface area contributed by atoms with Gasteiger partial charge in [-0.2, -0.15) is 0 Å². The van der Waals surface area contributed by atoms with Crippen LogP contribution in [0.2, 0.25) is 0 Å². The van der Waals surface area contributed by atoms with Gasteiger partial charge in [-0.1, -0.05) is 15.9 Å². The second-order valence-electron chi connectivity index (χ2n) is 1.96. The maximum absolute atomic E-state index is 10.9. The lowest BCUT2D eigenvalue weighted by molar-refractivity contribution is 0.102. The van der Waals surface area contributed by atoms with E-state index in [4.69, 9.17) is 0 Å². The van der Waals surface area contributed by atoms with E-state index in [0.717, 1.165) is 15.8 Å². The maximum Gasteiger partial charge on any atom is 0.170 e. The molecule has 3 heteroatoms. The molecule has 0 aromatic carbocycles. The lowest BCUT2D eigenvalue weighted by Gasteiger charge is -1.91. The first-order valence-corrected chi connectivity index (χ1v) is 4.89. The van der Waals surface area contributed by atoms with Crippen LogP contribution in [-0.4, -0.2) is 5.78 Å². The maximum atomic E-state index is 10.9. The highest BCUT2D eigenvalue weighted by Gasteiger charge is 2.05. The molecule has 1 aromatic heterocycles. The SMILES string of the molecule is CC(=O)c1sccc1CBr. The Labute approximate surface area is 72.2 Å². The summed E-state index contributed by atoms with van der Waals surface area (Å²) in [4.78, 5) is 11.7. The van der Waals surface area contributed by atoms with Gasteiger partial charge in [0.05, 0.1) is 4.88 Å². The van der Waals surface area contributed by atoms with E-state index in [1.807, 2.05) is 11.4 Å².